The van der Waals surface area contributed by atoms with Crippen molar-refractivity contribution in [3.05, 3.63) is 38.3 Å². The predicted octanol–water partition coefficient (Wildman–Crippen LogP) is 2.10. The summed E-state index contributed by atoms with van der Waals surface area (Å²) >= 11 is 0. The van der Waals surface area contributed by atoms with E-state index < -0.39 is 22.1 Å². The summed E-state index contributed by atoms with van der Waals surface area (Å²) in [5.74, 6) is -0.413. The fourth-order valence-corrected chi connectivity index (χ4v) is 2.34. The lowest BCUT2D eigenvalue weighted by Gasteiger charge is -2.14. The maximum Gasteiger partial charge on any atom is 0.287 e. The third-order valence-corrected chi connectivity index (χ3v) is 3.61. The zero-order valence-corrected chi connectivity index (χ0v) is 13.9. The molecule has 0 aliphatic carbocycles. The molecule has 0 spiro atoms. The third kappa shape index (κ3) is 5.83. The molecule has 1 heterocycles. The molecule has 8 nitrogen and oxygen atoms in total. The van der Waals surface area contributed by atoms with E-state index in [4.69, 9.17) is 5.26 Å². The van der Waals surface area contributed by atoms with E-state index in [9.17, 15) is 19.7 Å². The van der Waals surface area contributed by atoms with Crippen LogP contribution in [0.4, 0.5) is 5.69 Å². The molecule has 0 bridgehead atoms. The Hall–Kier alpha value is -2.69. The van der Waals surface area contributed by atoms with Gasteiger partial charge in [0.15, 0.2) is 0 Å². The standard InChI is InChI=1S/C16H22N4O4/c1-3-4-5-6-7-12(2)18-15(21)11-19-10-14(20(23)24)8-13(9-17)16(19)22/h8,10,12H,3-7,11H2,1-2H3,(H,18,21)/t12-/m1/s1. The summed E-state index contributed by atoms with van der Waals surface area (Å²) in [6.45, 7) is 3.65. The summed E-state index contributed by atoms with van der Waals surface area (Å²) in [6.07, 6.45) is 6.21. The number of carbonyl (C=O) groups is 1. The van der Waals surface area contributed by atoms with Gasteiger partial charge in [-0.1, -0.05) is 32.6 Å². The molecule has 0 aromatic carbocycles. The van der Waals surface area contributed by atoms with Crippen molar-refractivity contribution in [3.8, 4) is 6.07 Å². The van der Waals surface area contributed by atoms with E-state index >= 15 is 0 Å². The molecule has 1 N–H and O–H groups in total. The average Bonchev–Trinajstić information content (AvgIpc) is 2.53. The van der Waals surface area contributed by atoms with Crippen LogP contribution >= 0.6 is 0 Å². The second kappa shape index (κ2) is 9.45. The Morgan fingerprint density at radius 2 is 2.17 bits per heavy atom. The van der Waals surface area contributed by atoms with Gasteiger partial charge in [-0.15, -0.1) is 0 Å². The Balaban J connectivity index is 2.73. The average molecular weight is 334 g/mol. The SMILES string of the molecule is CCCCCC[C@@H](C)NC(=O)Cn1cc([N+](=O)[O-])cc(C#N)c1=O. The van der Waals surface area contributed by atoms with Crippen molar-refractivity contribution in [3.63, 3.8) is 0 Å². The molecule has 1 aromatic rings. The monoisotopic (exact) mass is 334 g/mol. The highest BCUT2D eigenvalue weighted by molar-refractivity contribution is 5.76. The second-order valence-corrected chi connectivity index (χ2v) is 5.73. The quantitative estimate of drug-likeness (QED) is 0.421. The molecule has 0 radical (unpaired) electrons. The number of hydrogen-bond donors (Lipinski definition) is 1. The number of pyridine rings is 1. The summed E-state index contributed by atoms with van der Waals surface area (Å²) in [5.41, 5.74) is -1.47. The molecule has 24 heavy (non-hydrogen) atoms. The Morgan fingerprint density at radius 3 is 2.75 bits per heavy atom. The molecular formula is C16H22N4O4. The van der Waals surface area contributed by atoms with Crippen molar-refractivity contribution in [1.29, 1.82) is 5.26 Å². The highest BCUT2D eigenvalue weighted by Crippen LogP contribution is 2.10. The van der Waals surface area contributed by atoms with Gasteiger partial charge < -0.3 is 5.32 Å². The largest absolute Gasteiger partial charge is 0.352 e. The Kier molecular flexibility index (Phi) is 7.62. The van der Waals surface area contributed by atoms with Crippen molar-refractivity contribution in [2.75, 3.05) is 0 Å². The van der Waals surface area contributed by atoms with Crippen LogP contribution in [0.3, 0.4) is 0 Å². The first kappa shape index (κ1) is 19.4. The number of amides is 1. The van der Waals surface area contributed by atoms with E-state index in [0.717, 1.165) is 48.9 Å². The van der Waals surface area contributed by atoms with E-state index in [1.807, 2.05) is 6.92 Å². The topological polar surface area (TPSA) is 118 Å². The highest BCUT2D eigenvalue weighted by Gasteiger charge is 2.16. The lowest BCUT2D eigenvalue weighted by Crippen LogP contribution is -2.37. The summed E-state index contributed by atoms with van der Waals surface area (Å²) in [7, 11) is 0. The molecule has 1 rings (SSSR count). The minimum atomic E-state index is -0.714. The van der Waals surface area contributed by atoms with Gasteiger partial charge in [0.25, 0.3) is 11.2 Å². The van der Waals surface area contributed by atoms with Gasteiger partial charge in [-0.25, -0.2) is 0 Å². The molecule has 0 saturated heterocycles. The first-order valence-corrected chi connectivity index (χ1v) is 7.97. The predicted molar refractivity (Wildman–Crippen MR) is 88.4 cm³/mol. The minimum Gasteiger partial charge on any atom is -0.352 e. The van der Waals surface area contributed by atoms with Gasteiger partial charge in [0.2, 0.25) is 5.91 Å². The number of hydrogen-bond acceptors (Lipinski definition) is 5. The van der Waals surface area contributed by atoms with Gasteiger partial charge in [0.05, 0.1) is 11.1 Å². The number of nitriles is 1. The highest BCUT2D eigenvalue weighted by atomic mass is 16.6. The van der Waals surface area contributed by atoms with E-state index in [-0.39, 0.29) is 18.2 Å². The van der Waals surface area contributed by atoms with Crippen molar-refractivity contribution in [2.24, 2.45) is 0 Å². The van der Waals surface area contributed by atoms with Crippen LogP contribution < -0.4 is 10.9 Å². The van der Waals surface area contributed by atoms with E-state index in [1.165, 1.54) is 0 Å². The number of carbonyl (C=O) groups excluding carboxylic acids is 1. The van der Waals surface area contributed by atoms with E-state index in [2.05, 4.69) is 12.2 Å². The Labute approximate surface area is 140 Å². The summed E-state index contributed by atoms with van der Waals surface area (Å²) in [6, 6.07) is 2.48. The second-order valence-electron chi connectivity index (χ2n) is 5.73. The van der Waals surface area contributed by atoms with Gasteiger partial charge in [-0.05, 0) is 13.3 Å². The zero-order chi connectivity index (χ0) is 18.1. The maximum atomic E-state index is 12.0. The van der Waals surface area contributed by atoms with Gasteiger partial charge in [-0.3, -0.25) is 24.3 Å². The molecule has 0 aliphatic heterocycles. The fourth-order valence-electron chi connectivity index (χ4n) is 2.34. The third-order valence-electron chi connectivity index (χ3n) is 3.61. The van der Waals surface area contributed by atoms with Crippen LogP contribution in [-0.4, -0.2) is 21.4 Å². The van der Waals surface area contributed by atoms with Crippen LogP contribution in [-0.2, 0) is 11.3 Å². The van der Waals surface area contributed by atoms with Gasteiger partial charge in [-0.2, -0.15) is 5.26 Å². The lowest BCUT2D eigenvalue weighted by molar-refractivity contribution is -0.385. The molecule has 1 atom stereocenters. The molecule has 0 saturated carbocycles. The van der Waals surface area contributed by atoms with E-state index in [1.54, 1.807) is 6.07 Å². The number of unbranched alkanes of at least 4 members (excludes halogenated alkanes) is 3. The molecule has 1 amide bonds. The first-order valence-electron chi connectivity index (χ1n) is 7.97. The lowest BCUT2D eigenvalue weighted by atomic mass is 10.1. The Bertz CT molecular complexity index is 690. The van der Waals surface area contributed by atoms with Gasteiger partial charge >= 0.3 is 0 Å². The maximum absolute atomic E-state index is 12.0. The number of aromatic nitrogens is 1. The number of nitro groups is 1. The van der Waals surface area contributed by atoms with Crippen molar-refractivity contribution >= 4 is 11.6 Å². The van der Waals surface area contributed by atoms with Crippen LogP contribution in [0.2, 0.25) is 0 Å². The number of nitrogens with zero attached hydrogens (tertiary/aromatic N) is 3. The first-order chi connectivity index (χ1) is 11.4. The van der Waals surface area contributed by atoms with Crippen LogP contribution in [0.15, 0.2) is 17.1 Å². The molecule has 8 heteroatoms. The van der Waals surface area contributed by atoms with Crippen molar-refractivity contribution in [1.82, 2.24) is 9.88 Å². The zero-order valence-electron chi connectivity index (χ0n) is 13.9. The van der Waals surface area contributed by atoms with Crippen LogP contribution in [0.5, 0.6) is 0 Å². The van der Waals surface area contributed by atoms with Crippen LogP contribution in [0, 0.1) is 21.4 Å². The van der Waals surface area contributed by atoms with Gasteiger partial charge in [0.1, 0.15) is 18.2 Å². The summed E-state index contributed by atoms with van der Waals surface area (Å²) in [5, 5.41) is 22.5. The smallest absolute Gasteiger partial charge is 0.287 e. The summed E-state index contributed by atoms with van der Waals surface area (Å²) in [4.78, 5) is 34.1. The number of rotatable bonds is 9. The molecule has 0 aliphatic rings. The molecule has 130 valence electrons. The molecule has 0 unspecified atom stereocenters. The van der Waals surface area contributed by atoms with Crippen molar-refractivity contribution in [2.45, 2.75) is 58.5 Å². The Morgan fingerprint density at radius 1 is 1.46 bits per heavy atom. The fraction of sp³-hybridized carbons (Fsp3) is 0.562. The van der Waals surface area contributed by atoms with Crippen LogP contribution in [0.1, 0.15) is 51.5 Å². The van der Waals surface area contributed by atoms with E-state index in [0.29, 0.717) is 0 Å². The molecular weight excluding hydrogens is 312 g/mol. The van der Waals surface area contributed by atoms with Crippen molar-refractivity contribution < 1.29 is 9.72 Å². The van der Waals surface area contributed by atoms with Crippen LogP contribution in [0.25, 0.3) is 0 Å². The normalized spacial score (nSPS) is 11.5. The minimum absolute atomic E-state index is 0.0424. The molecule has 1 aromatic heterocycles. The summed E-state index contributed by atoms with van der Waals surface area (Å²) < 4.78 is 0.899. The molecule has 0 fully saturated rings. The number of nitrogens with one attached hydrogen (secondary N) is 1. The van der Waals surface area contributed by atoms with Gasteiger partial charge in [0, 0.05) is 12.1 Å².